The van der Waals surface area contributed by atoms with E-state index in [0.717, 1.165) is 12.8 Å². The van der Waals surface area contributed by atoms with Gasteiger partial charge in [0.15, 0.2) is 0 Å². The molecule has 0 saturated heterocycles. The van der Waals surface area contributed by atoms with Crippen LogP contribution in [0.3, 0.4) is 0 Å². The van der Waals surface area contributed by atoms with Gasteiger partial charge in [0.05, 0.1) is 4.90 Å². The van der Waals surface area contributed by atoms with Crippen LogP contribution >= 0.6 is 0 Å². The van der Waals surface area contributed by atoms with Gasteiger partial charge in [-0.1, -0.05) is 33.3 Å². The van der Waals surface area contributed by atoms with E-state index in [0.29, 0.717) is 24.6 Å². The van der Waals surface area contributed by atoms with E-state index < -0.39 is 10.0 Å². The second-order valence-electron chi connectivity index (χ2n) is 5.38. The lowest BCUT2D eigenvalue weighted by atomic mass is 10.2. The summed E-state index contributed by atoms with van der Waals surface area (Å²) in [6, 6.07) is 6.09. The molecule has 0 spiro atoms. The Morgan fingerprint density at radius 2 is 2.00 bits per heavy atom. The van der Waals surface area contributed by atoms with Crippen molar-refractivity contribution >= 4 is 15.9 Å². The average molecular weight is 312 g/mol. The second-order valence-corrected chi connectivity index (χ2v) is 7.15. The molecule has 0 aliphatic heterocycles. The predicted octanol–water partition coefficient (Wildman–Crippen LogP) is 2.15. The van der Waals surface area contributed by atoms with E-state index in [1.165, 1.54) is 12.1 Å². The van der Waals surface area contributed by atoms with E-state index in [2.05, 4.69) is 10.0 Å². The first-order valence-corrected chi connectivity index (χ1v) is 8.73. The van der Waals surface area contributed by atoms with Crippen molar-refractivity contribution in [3.63, 3.8) is 0 Å². The summed E-state index contributed by atoms with van der Waals surface area (Å²) in [4.78, 5) is 12.1. The molecule has 0 heterocycles. The van der Waals surface area contributed by atoms with Gasteiger partial charge in [-0.25, -0.2) is 13.1 Å². The highest BCUT2D eigenvalue weighted by Crippen LogP contribution is 2.11. The Labute approximate surface area is 127 Å². The van der Waals surface area contributed by atoms with Crippen molar-refractivity contribution in [3.05, 3.63) is 29.8 Å². The third-order valence-electron chi connectivity index (χ3n) is 2.90. The molecule has 0 aliphatic carbocycles. The molecule has 0 saturated carbocycles. The summed E-state index contributed by atoms with van der Waals surface area (Å²) in [5.74, 6) is 0.0888. The highest BCUT2D eigenvalue weighted by molar-refractivity contribution is 7.89. The van der Waals surface area contributed by atoms with Crippen molar-refractivity contribution < 1.29 is 13.2 Å². The van der Waals surface area contributed by atoms with Crippen molar-refractivity contribution in [2.24, 2.45) is 5.92 Å². The molecule has 1 amide bonds. The van der Waals surface area contributed by atoms with Gasteiger partial charge in [-0.15, -0.1) is 0 Å². The Balaban J connectivity index is 2.82. The van der Waals surface area contributed by atoms with Gasteiger partial charge in [-0.3, -0.25) is 4.79 Å². The molecule has 0 unspecified atom stereocenters. The molecule has 1 aromatic rings. The van der Waals surface area contributed by atoms with Gasteiger partial charge in [0.1, 0.15) is 0 Å². The Bertz CT molecular complexity index is 568. The molecule has 0 radical (unpaired) electrons. The van der Waals surface area contributed by atoms with Crippen molar-refractivity contribution in [2.75, 3.05) is 13.1 Å². The van der Waals surface area contributed by atoms with Crippen molar-refractivity contribution in [3.8, 4) is 0 Å². The van der Waals surface area contributed by atoms with Gasteiger partial charge < -0.3 is 5.32 Å². The third kappa shape index (κ3) is 5.85. The molecule has 21 heavy (non-hydrogen) atoms. The lowest BCUT2D eigenvalue weighted by molar-refractivity contribution is 0.0949. The van der Waals surface area contributed by atoms with E-state index in [1.54, 1.807) is 12.1 Å². The molecule has 5 nitrogen and oxygen atoms in total. The van der Waals surface area contributed by atoms with Gasteiger partial charge in [-0.05, 0) is 30.5 Å². The Kier molecular flexibility index (Phi) is 6.84. The number of rotatable bonds is 8. The Hall–Kier alpha value is -1.40. The first-order valence-electron chi connectivity index (χ1n) is 7.24. The zero-order valence-electron chi connectivity index (χ0n) is 12.8. The molecule has 6 heteroatoms. The van der Waals surface area contributed by atoms with Crippen LogP contribution in [0.25, 0.3) is 0 Å². The number of carbonyl (C=O) groups excluding carboxylic acids is 1. The minimum Gasteiger partial charge on any atom is -0.352 e. The lowest BCUT2D eigenvalue weighted by Gasteiger charge is -2.10. The maximum atomic E-state index is 12.1. The van der Waals surface area contributed by atoms with Crippen molar-refractivity contribution in [2.45, 2.75) is 38.5 Å². The van der Waals surface area contributed by atoms with E-state index in [1.807, 2.05) is 20.8 Å². The topological polar surface area (TPSA) is 75.3 Å². The molecular weight excluding hydrogens is 288 g/mol. The van der Waals surface area contributed by atoms with Crippen molar-refractivity contribution in [1.29, 1.82) is 0 Å². The number of sulfonamides is 1. The lowest BCUT2D eigenvalue weighted by Crippen LogP contribution is -2.28. The molecule has 0 bridgehead atoms. The summed E-state index contributed by atoms with van der Waals surface area (Å²) in [6.07, 6.45) is 1.70. The third-order valence-corrected chi connectivity index (χ3v) is 4.36. The first kappa shape index (κ1) is 17.7. The maximum absolute atomic E-state index is 12.1. The minimum atomic E-state index is -3.55. The van der Waals surface area contributed by atoms with Crippen LogP contribution in [0.2, 0.25) is 0 Å². The maximum Gasteiger partial charge on any atom is 0.251 e. The van der Waals surface area contributed by atoms with E-state index >= 15 is 0 Å². The summed E-state index contributed by atoms with van der Waals surface area (Å²) in [5, 5.41) is 2.78. The van der Waals surface area contributed by atoms with Crippen LogP contribution in [0.4, 0.5) is 0 Å². The van der Waals surface area contributed by atoms with Gasteiger partial charge in [0, 0.05) is 18.7 Å². The quantitative estimate of drug-likeness (QED) is 0.722. The number of nitrogens with one attached hydrogen (secondary N) is 2. The van der Waals surface area contributed by atoms with E-state index in [-0.39, 0.29) is 10.8 Å². The fourth-order valence-electron chi connectivity index (χ4n) is 1.67. The van der Waals surface area contributed by atoms with E-state index in [4.69, 9.17) is 0 Å². The summed E-state index contributed by atoms with van der Waals surface area (Å²) in [6.45, 7) is 6.96. The first-order chi connectivity index (χ1) is 9.86. The van der Waals surface area contributed by atoms with Crippen LogP contribution in [0.5, 0.6) is 0 Å². The number of amides is 1. The SMILES string of the molecule is CCCCNS(=O)(=O)c1cccc(C(=O)NCC(C)C)c1. The minimum absolute atomic E-state index is 0.121. The molecule has 2 N–H and O–H groups in total. The van der Waals surface area contributed by atoms with Gasteiger partial charge in [0.2, 0.25) is 10.0 Å². The standard InChI is InChI=1S/C15H24N2O3S/c1-4-5-9-17-21(19,20)14-8-6-7-13(10-14)15(18)16-11-12(2)3/h6-8,10,12,17H,4-5,9,11H2,1-3H3,(H,16,18). The number of benzene rings is 1. The van der Waals surface area contributed by atoms with E-state index in [9.17, 15) is 13.2 Å². The highest BCUT2D eigenvalue weighted by Gasteiger charge is 2.15. The zero-order chi connectivity index (χ0) is 15.9. The molecule has 0 aliphatic rings. The summed E-state index contributed by atoms with van der Waals surface area (Å²) < 4.78 is 26.7. The summed E-state index contributed by atoms with van der Waals surface area (Å²) in [5.41, 5.74) is 0.356. The number of carbonyl (C=O) groups is 1. The predicted molar refractivity (Wildman–Crippen MR) is 83.7 cm³/mol. The number of unbranched alkanes of at least 4 members (excludes halogenated alkanes) is 1. The molecular formula is C15H24N2O3S. The Morgan fingerprint density at radius 1 is 1.29 bits per heavy atom. The number of hydrogen-bond acceptors (Lipinski definition) is 3. The summed E-state index contributed by atoms with van der Waals surface area (Å²) >= 11 is 0. The molecule has 1 aromatic carbocycles. The fraction of sp³-hybridized carbons (Fsp3) is 0.533. The smallest absolute Gasteiger partial charge is 0.251 e. The average Bonchev–Trinajstić information content (AvgIpc) is 2.45. The molecule has 0 atom stereocenters. The van der Waals surface area contributed by atoms with Crippen molar-refractivity contribution in [1.82, 2.24) is 10.0 Å². The van der Waals surface area contributed by atoms with Crippen LogP contribution in [0.1, 0.15) is 44.0 Å². The largest absolute Gasteiger partial charge is 0.352 e. The van der Waals surface area contributed by atoms with Crippen LogP contribution in [0.15, 0.2) is 29.2 Å². The zero-order valence-corrected chi connectivity index (χ0v) is 13.7. The van der Waals surface area contributed by atoms with Crippen LogP contribution in [-0.2, 0) is 10.0 Å². The summed E-state index contributed by atoms with van der Waals surface area (Å²) in [7, 11) is -3.55. The van der Waals surface area contributed by atoms with Crippen LogP contribution < -0.4 is 10.0 Å². The fourth-order valence-corrected chi connectivity index (χ4v) is 2.79. The molecule has 0 fully saturated rings. The van der Waals surface area contributed by atoms with Crippen LogP contribution in [-0.4, -0.2) is 27.4 Å². The molecule has 0 aromatic heterocycles. The van der Waals surface area contributed by atoms with Crippen LogP contribution in [0, 0.1) is 5.92 Å². The monoisotopic (exact) mass is 312 g/mol. The van der Waals surface area contributed by atoms with Gasteiger partial charge in [-0.2, -0.15) is 0 Å². The highest BCUT2D eigenvalue weighted by atomic mass is 32.2. The number of hydrogen-bond donors (Lipinski definition) is 2. The Morgan fingerprint density at radius 3 is 2.62 bits per heavy atom. The molecule has 1 rings (SSSR count). The normalized spacial score (nSPS) is 11.6. The van der Waals surface area contributed by atoms with Gasteiger partial charge >= 0.3 is 0 Å². The second kappa shape index (κ2) is 8.14. The van der Waals surface area contributed by atoms with Gasteiger partial charge in [0.25, 0.3) is 5.91 Å². The molecule has 118 valence electrons.